The first-order valence-electron chi connectivity index (χ1n) is 7.81. The number of halogens is 2. The molecule has 0 saturated heterocycles. The van der Waals surface area contributed by atoms with Gasteiger partial charge in [0, 0.05) is 10.5 Å². The maximum Gasteiger partial charge on any atom is 0.124 e. The first kappa shape index (κ1) is 16.0. The Kier molecular flexibility index (Phi) is 6.03. The van der Waals surface area contributed by atoms with E-state index in [0.717, 1.165) is 29.3 Å². The van der Waals surface area contributed by atoms with Crippen LogP contribution in [0.15, 0.2) is 22.7 Å². The van der Waals surface area contributed by atoms with E-state index in [2.05, 4.69) is 35.1 Å². The number of benzene rings is 1. The minimum Gasteiger partial charge on any atom is -0.314 e. The predicted molar refractivity (Wildman–Crippen MR) is 86.4 cm³/mol. The van der Waals surface area contributed by atoms with Crippen molar-refractivity contribution in [3.63, 3.8) is 0 Å². The van der Waals surface area contributed by atoms with Crippen LogP contribution in [0.5, 0.6) is 0 Å². The van der Waals surface area contributed by atoms with Crippen molar-refractivity contribution < 1.29 is 4.39 Å². The first-order valence-corrected chi connectivity index (χ1v) is 8.60. The molecule has 0 amide bonds. The van der Waals surface area contributed by atoms with Gasteiger partial charge in [0.2, 0.25) is 0 Å². The van der Waals surface area contributed by atoms with E-state index in [1.807, 2.05) is 6.07 Å². The SMILES string of the molecule is CCNC(Cc1ccc(F)cc1Br)C1CCC(CC)C1. The molecule has 1 saturated carbocycles. The van der Waals surface area contributed by atoms with Crippen molar-refractivity contribution in [1.29, 1.82) is 0 Å². The number of likely N-dealkylation sites (N-methyl/N-ethyl adjacent to an activating group) is 1. The lowest BCUT2D eigenvalue weighted by Crippen LogP contribution is -2.37. The number of hydrogen-bond donors (Lipinski definition) is 1. The highest BCUT2D eigenvalue weighted by Crippen LogP contribution is 2.36. The third-order valence-electron chi connectivity index (χ3n) is 4.65. The highest BCUT2D eigenvalue weighted by Gasteiger charge is 2.29. The van der Waals surface area contributed by atoms with Crippen molar-refractivity contribution in [3.8, 4) is 0 Å². The maximum absolute atomic E-state index is 13.2. The van der Waals surface area contributed by atoms with Crippen LogP contribution in [0.3, 0.4) is 0 Å². The second kappa shape index (κ2) is 7.56. The number of nitrogens with one attached hydrogen (secondary N) is 1. The molecule has 0 aromatic heterocycles. The average Bonchev–Trinajstić information content (AvgIpc) is 2.90. The van der Waals surface area contributed by atoms with Crippen LogP contribution in [0.1, 0.15) is 45.1 Å². The van der Waals surface area contributed by atoms with Gasteiger partial charge in [0.1, 0.15) is 5.82 Å². The maximum atomic E-state index is 13.2. The Morgan fingerprint density at radius 2 is 2.15 bits per heavy atom. The summed E-state index contributed by atoms with van der Waals surface area (Å²) in [5.74, 6) is 1.49. The van der Waals surface area contributed by atoms with Gasteiger partial charge in [-0.3, -0.25) is 0 Å². The zero-order chi connectivity index (χ0) is 14.5. The molecular formula is C17H25BrFN. The number of hydrogen-bond acceptors (Lipinski definition) is 1. The highest BCUT2D eigenvalue weighted by atomic mass is 79.9. The Balaban J connectivity index is 2.05. The molecule has 1 aromatic rings. The minimum atomic E-state index is -0.174. The van der Waals surface area contributed by atoms with Crippen LogP contribution < -0.4 is 5.32 Å². The van der Waals surface area contributed by atoms with E-state index in [9.17, 15) is 4.39 Å². The molecule has 0 radical (unpaired) electrons. The zero-order valence-corrected chi connectivity index (χ0v) is 14.0. The lowest BCUT2D eigenvalue weighted by Gasteiger charge is -2.25. The largest absolute Gasteiger partial charge is 0.314 e. The second-order valence-electron chi connectivity index (χ2n) is 5.95. The summed E-state index contributed by atoms with van der Waals surface area (Å²) in [6.45, 7) is 5.46. The summed E-state index contributed by atoms with van der Waals surface area (Å²) in [7, 11) is 0. The summed E-state index contributed by atoms with van der Waals surface area (Å²) in [6, 6.07) is 5.56. The fraction of sp³-hybridized carbons (Fsp3) is 0.647. The molecule has 1 nitrogen and oxygen atoms in total. The monoisotopic (exact) mass is 341 g/mol. The summed E-state index contributed by atoms with van der Waals surface area (Å²) >= 11 is 3.49. The predicted octanol–water partition coefficient (Wildman–Crippen LogP) is 4.94. The van der Waals surface area contributed by atoms with E-state index >= 15 is 0 Å². The van der Waals surface area contributed by atoms with Crippen molar-refractivity contribution in [2.24, 2.45) is 11.8 Å². The van der Waals surface area contributed by atoms with E-state index < -0.39 is 0 Å². The molecule has 0 aliphatic heterocycles. The molecule has 0 bridgehead atoms. The molecule has 1 aliphatic rings. The average molecular weight is 342 g/mol. The molecule has 0 spiro atoms. The van der Waals surface area contributed by atoms with Gasteiger partial charge in [0.25, 0.3) is 0 Å². The molecular weight excluding hydrogens is 317 g/mol. The molecule has 112 valence electrons. The molecule has 1 fully saturated rings. The minimum absolute atomic E-state index is 0.174. The van der Waals surface area contributed by atoms with E-state index in [1.54, 1.807) is 12.1 Å². The smallest absolute Gasteiger partial charge is 0.124 e. The first-order chi connectivity index (χ1) is 9.63. The Morgan fingerprint density at radius 3 is 2.75 bits per heavy atom. The van der Waals surface area contributed by atoms with Gasteiger partial charge in [0.15, 0.2) is 0 Å². The fourth-order valence-electron chi connectivity index (χ4n) is 3.44. The second-order valence-corrected chi connectivity index (χ2v) is 6.81. The topological polar surface area (TPSA) is 12.0 Å². The third kappa shape index (κ3) is 4.05. The van der Waals surface area contributed by atoms with Crippen LogP contribution in [0, 0.1) is 17.7 Å². The van der Waals surface area contributed by atoms with Gasteiger partial charge in [-0.15, -0.1) is 0 Å². The van der Waals surface area contributed by atoms with Crippen LogP contribution in [-0.2, 0) is 6.42 Å². The quantitative estimate of drug-likeness (QED) is 0.772. The van der Waals surface area contributed by atoms with Crippen LogP contribution >= 0.6 is 15.9 Å². The molecule has 1 N–H and O–H groups in total. The van der Waals surface area contributed by atoms with Gasteiger partial charge < -0.3 is 5.32 Å². The molecule has 3 unspecified atom stereocenters. The van der Waals surface area contributed by atoms with Gasteiger partial charge in [0.05, 0.1) is 0 Å². The fourth-order valence-corrected chi connectivity index (χ4v) is 3.95. The molecule has 3 atom stereocenters. The van der Waals surface area contributed by atoms with Gasteiger partial charge in [-0.25, -0.2) is 4.39 Å². The van der Waals surface area contributed by atoms with E-state index in [-0.39, 0.29) is 5.82 Å². The standard InChI is InChI=1S/C17H25BrFN/c1-3-12-5-6-14(9-12)17(20-4-2)10-13-7-8-15(19)11-16(13)18/h7-8,11-12,14,17,20H,3-6,9-10H2,1-2H3. The van der Waals surface area contributed by atoms with Gasteiger partial charge in [-0.1, -0.05) is 48.7 Å². The van der Waals surface area contributed by atoms with E-state index in [0.29, 0.717) is 6.04 Å². The van der Waals surface area contributed by atoms with Crippen molar-refractivity contribution >= 4 is 15.9 Å². The third-order valence-corrected chi connectivity index (χ3v) is 5.39. The Bertz CT molecular complexity index is 435. The van der Waals surface area contributed by atoms with Crippen LogP contribution in [0.2, 0.25) is 0 Å². The normalized spacial score (nSPS) is 24.0. The van der Waals surface area contributed by atoms with Crippen LogP contribution in [0.25, 0.3) is 0 Å². The summed E-state index contributed by atoms with van der Waals surface area (Å²) in [6.07, 6.45) is 6.32. The summed E-state index contributed by atoms with van der Waals surface area (Å²) in [5.41, 5.74) is 1.21. The molecule has 3 heteroatoms. The van der Waals surface area contributed by atoms with Crippen molar-refractivity contribution in [2.45, 2.75) is 52.0 Å². The Hall–Kier alpha value is -0.410. The molecule has 1 aromatic carbocycles. The summed E-state index contributed by atoms with van der Waals surface area (Å²) in [5, 5.41) is 3.64. The molecule has 2 rings (SSSR count). The van der Waals surface area contributed by atoms with Crippen molar-refractivity contribution in [3.05, 3.63) is 34.1 Å². The molecule has 1 aliphatic carbocycles. The number of rotatable bonds is 6. The van der Waals surface area contributed by atoms with E-state index in [4.69, 9.17) is 0 Å². The van der Waals surface area contributed by atoms with Crippen molar-refractivity contribution in [2.75, 3.05) is 6.54 Å². The van der Waals surface area contributed by atoms with Crippen LogP contribution in [0.4, 0.5) is 4.39 Å². The van der Waals surface area contributed by atoms with E-state index in [1.165, 1.54) is 31.2 Å². The van der Waals surface area contributed by atoms with Crippen LogP contribution in [-0.4, -0.2) is 12.6 Å². The summed E-state index contributed by atoms with van der Waals surface area (Å²) < 4.78 is 14.1. The lowest BCUT2D eigenvalue weighted by atomic mass is 9.91. The lowest BCUT2D eigenvalue weighted by molar-refractivity contribution is 0.348. The molecule has 20 heavy (non-hydrogen) atoms. The summed E-state index contributed by atoms with van der Waals surface area (Å²) in [4.78, 5) is 0. The van der Waals surface area contributed by atoms with Gasteiger partial charge >= 0.3 is 0 Å². The van der Waals surface area contributed by atoms with Gasteiger partial charge in [-0.05, 0) is 55.3 Å². The van der Waals surface area contributed by atoms with Crippen molar-refractivity contribution in [1.82, 2.24) is 5.32 Å². The van der Waals surface area contributed by atoms with Gasteiger partial charge in [-0.2, -0.15) is 0 Å². The Morgan fingerprint density at radius 1 is 1.35 bits per heavy atom. The zero-order valence-electron chi connectivity index (χ0n) is 12.5. The highest BCUT2D eigenvalue weighted by molar-refractivity contribution is 9.10. The molecule has 0 heterocycles. The Labute approximate surface area is 130 Å².